The topological polar surface area (TPSA) is 53.7 Å². The molecular formula is C13H21NO3. The van der Waals surface area contributed by atoms with Gasteiger partial charge in [0.05, 0.1) is 13.2 Å². The van der Waals surface area contributed by atoms with Gasteiger partial charge in [0.1, 0.15) is 5.75 Å². The molecule has 0 aliphatic rings. The summed E-state index contributed by atoms with van der Waals surface area (Å²) in [5.74, 6) is -0.0303. The zero-order chi connectivity index (χ0) is 12.7. The fraction of sp³-hybridized carbons (Fsp3) is 0.538. The summed E-state index contributed by atoms with van der Waals surface area (Å²) in [6.07, 6.45) is 0.991. The van der Waals surface area contributed by atoms with E-state index in [0.29, 0.717) is 0 Å². The summed E-state index contributed by atoms with van der Waals surface area (Å²) >= 11 is 0. The van der Waals surface area contributed by atoms with Gasteiger partial charge in [-0.3, -0.25) is 0 Å². The van der Waals surface area contributed by atoms with E-state index in [2.05, 4.69) is 6.92 Å². The smallest absolute Gasteiger partial charge is 0.207 e. The van der Waals surface area contributed by atoms with Crippen LogP contribution in [0, 0.1) is 0 Å². The first kappa shape index (κ1) is 14.0. The summed E-state index contributed by atoms with van der Waals surface area (Å²) in [7, 11) is 3.16. The quantitative estimate of drug-likeness (QED) is 0.738. The van der Waals surface area contributed by atoms with Crippen LogP contribution in [0.3, 0.4) is 0 Å². The van der Waals surface area contributed by atoms with Crippen molar-refractivity contribution >= 4 is 0 Å². The van der Waals surface area contributed by atoms with E-state index < -0.39 is 5.79 Å². The number of hydrogen-bond acceptors (Lipinski definition) is 4. The van der Waals surface area contributed by atoms with Crippen LogP contribution in [0.5, 0.6) is 5.75 Å². The number of nitrogens with two attached hydrogens (primary N) is 1. The molecule has 96 valence electrons. The van der Waals surface area contributed by atoms with E-state index in [-0.39, 0.29) is 6.54 Å². The normalized spacial score (nSPS) is 11.5. The SMILES string of the molecule is CCCOc1ccc(C(CN)(OC)OC)cc1. The molecular weight excluding hydrogens is 218 g/mol. The van der Waals surface area contributed by atoms with E-state index >= 15 is 0 Å². The minimum atomic E-state index is -0.872. The fourth-order valence-corrected chi connectivity index (χ4v) is 1.63. The van der Waals surface area contributed by atoms with Crippen LogP contribution in [0.4, 0.5) is 0 Å². The van der Waals surface area contributed by atoms with Crippen LogP contribution in [0.1, 0.15) is 18.9 Å². The van der Waals surface area contributed by atoms with Crippen LogP contribution >= 0.6 is 0 Å². The Morgan fingerprint density at radius 2 is 1.71 bits per heavy atom. The first-order valence-corrected chi connectivity index (χ1v) is 5.76. The Labute approximate surface area is 103 Å². The van der Waals surface area contributed by atoms with Crippen molar-refractivity contribution in [1.82, 2.24) is 0 Å². The van der Waals surface area contributed by atoms with Crippen molar-refractivity contribution in [2.45, 2.75) is 19.1 Å². The van der Waals surface area contributed by atoms with Crippen LogP contribution in [0.2, 0.25) is 0 Å². The molecule has 2 N–H and O–H groups in total. The lowest BCUT2D eigenvalue weighted by molar-refractivity contribution is -0.207. The molecule has 0 radical (unpaired) electrons. The fourth-order valence-electron chi connectivity index (χ4n) is 1.63. The highest BCUT2D eigenvalue weighted by atomic mass is 16.7. The zero-order valence-electron chi connectivity index (χ0n) is 10.7. The van der Waals surface area contributed by atoms with Gasteiger partial charge in [0.15, 0.2) is 0 Å². The lowest BCUT2D eigenvalue weighted by Gasteiger charge is -2.29. The Morgan fingerprint density at radius 3 is 2.12 bits per heavy atom. The van der Waals surface area contributed by atoms with E-state index in [0.717, 1.165) is 24.3 Å². The summed E-state index contributed by atoms with van der Waals surface area (Å²) in [4.78, 5) is 0. The number of ether oxygens (including phenoxy) is 3. The van der Waals surface area contributed by atoms with E-state index in [9.17, 15) is 0 Å². The number of methoxy groups -OCH3 is 2. The number of hydrogen-bond donors (Lipinski definition) is 1. The molecule has 0 spiro atoms. The van der Waals surface area contributed by atoms with Crippen molar-refractivity contribution in [2.75, 3.05) is 27.4 Å². The van der Waals surface area contributed by atoms with E-state index in [1.165, 1.54) is 0 Å². The third-order valence-corrected chi connectivity index (χ3v) is 2.70. The maximum Gasteiger partial charge on any atom is 0.207 e. The highest BCUT2D eigenvalue weighted by molar-refractivity contribution is 5.30. The Balaban J connectivity index is 2.84. The Morgan fingerprint density at radius 1 is 1.12 bits per heavy atom. The van der Waals surface area contributed by atoms with Gasteiger partial charge in [0, 0.05) is 19.8 Å². The highest BCUT2D eigenvalue weighted by Gasteiger charge is 2.30. The number of benzene rings is 1. The first-order valence-electron chi connectivity index (χ1n) is 5.76. The predicted molar refractivity (Wildman–Crippen MR) is 67.0 cm³/mol. The molecule has 0 atom stereocenters. The van der Waals surface area contributed by atoms with Crippen molar-refractivity contribution in [2.24, 2.45) is 5.73 Å². The Kier molecular flexibility index (Phi) is 5.41. The summed E-state index contributed by atoms with van der Waals surface area (Å²) < 4.78 is 16.2. The molecule has 1 rings (SSSR count). The summed E-state index contributed by atoms with van der Waals surface area (Å²) in [5, 5.41) is 0. The lowest BCUT2D eigenvalue weighted by atomic mass is 10.1. The summed E-state index contributed by atoms with van der Waals surface area (Å²) in [5.41, 5.74) is 6.58. The molecule has 0 saturated carbocycles. The molecule has 0 aliphatic carbocycles. The molecule has 1 aromatic rings. The summed E-state index contributed by atoms with van der Waals surface area (Å²) in [6.45, 7) is 3.05. The third kappa shape index (κ3) is 3.19. The Bertz CT molecular complexity index is 312. The van der Waals surface area contributed by atoms with Crippen molar-refractivity contribution in [3.63, 3.8) is 0 Å². The average Bonchev–Trinajstić information content (AvgIpc) is 2.40. The van der Waals surface area contributed by atoms with Gasteiger partial charge in [0.2, 0.25) is 5.79 Å². The molecule has 0 fully saturated rings. The minimum absolute atomic E-state index is 0.259. The standard InChI is InChI=1S/C13H21NO3/c1-4-9-17-12-7-5-11(6-8-12)13(10-14,15-2)16-3/h5-8H,4,9-10,14H2,1-3H3. The van der Waals surface area contributed by atoms with Crippen LogP contribution in [-0.4, -0.2) is 27.4 Å². The molecule has 0 saturated heterocycles. The molecule has 4 nitrogen and oxygen atoms in total. The van der Waals surface area contributed by atoms with E-state index in [1.54, 1.807) is 14.2 Å². The largest absolute Gasteiger partial charge is 0.494 e. The van der Waals surface area contributed by atoms with Crippen LogP contribution in [0.15, 0.2) is 24.3 Å². The predicted octanol–water partition coefficient (Wildman–Crippen LogP) is 1.88. The van der Waals surface area contributed by atoms with Crippen molar-refractivity contribution < 1.29 is 14.2 Å². The van der Waals surface area contributed by atoms with E-state index in [1.807, 2.05) is 24.3 Å². The van der Waals surface area contributed by atoms with E-state index in [4.69, 9.17) is 19.9 Å². The Hall–Kier alpha value is -1.10. The van der Waals surface area contributed by atoms with Crippen LogP contribution < -0.4 is 10.5 Å². The highest BCUT2D eigenvalue weighted by Crippen LogP contribution is 2.26. The van der Waals surface area contributed by atoms with Gasteiger partial charge in [0.25, 0.3) is 0 Å². The van der Waals surface area contributed by atoms with Crippen molar-refractivity contribution in [1.29, 1.82) is 0 Å². The number of rotatable bonds is 7. The van der Waals surface area contributed by atoms with Gasteiger partial charge in [-0.25, -0.2) is 0 Å². The molecule has 0 aliphatic heterocycles. The molecule has 0 amide bonds. The van der Waals surface area contributed by atoms with Gasteiger partial charge < -0.3 is 19.9 Å². The maximum absolute atomic E-state index is 5.70. The molecule has 0 unspecified atom stereocenters. The van der Waals surface area contributed by atoms with Crippen LogP contribution in [-0.2, 0) is 15.3 Å². The molecule has 17 heavy (non-hydrogen) atoms. The molecule has 0 heterocycles. The average molecular weight is 239 g/mol. The van der Waals surface area contributed by atoms with Gasteiger partial charge in [-0.2, -0.15) is 0 Å². The maximum atomic E-state index is 5.70. The third-order valence-electron chi connectivity index (χ3n) is 2.70. The van der Waals surface area contributed by atoms with Crippen molar-refractivity contribution in [3.05, 3.63) is 29.8 Å². The second-order valence-electron chi connectivity index (χ2n) is 3.74. The molecule has 4 heteroatoms. The van der Waals surface area contributed by atoms with Crippen molar-refractivity contribution in [3.8, 4) is 5.75 Å². The second-order valence-corrected chi connectivity index (χ2v) is 3.74. The van der Waals surface area contributed by atoms with Gasteiger partial charge in [-0.1, -0.05) is 6.92 Å². The second kappa shape index (κ2) is 6.59. The zero-order valence-corrected chi connectivity index (χ0v) is 10.7. The van der Waals surface area contributed by atoms with Gasteiger partial charge in [-0.15, -0.1) is 0 Å². The van der Waals surface area contributed by atoms with Gasteiger partial charge >= 0.3 is 0 Å². The van der Waals surface area contributed by atoms with Crippen LogP contribution in [0.25, 0.3) is 0 Å². The minimum Gasteiger partial charge on any atom is -0.494 e. The van der Waals surface area contributed by atoms with Gasteiger partial charge in [-0.05, 0) is 30.7 Å². The first-order chi connectivity index (χ1) is 8.22. The molecule has 0 aromatic heterocycles. The monoisotopic (exact) mass is 239 g/mol. The molecule has 1 aromatic carbocycles. The lowest BCUT2D eigenvalue weighted by Crippen LogP contribution is -2.38. The summed E-state index contributed by atoms with van der Waals surface area (Å²) in [6, 6.07) is 7.61. The molecule has 0 bridgehead atoms.